The van der Waals surface area contributed by atoms with Gasteiger partial charge < -0.3 is 24.4 Å². The largest absolute Gasteiger partial charge is 0.476 e. The summed E-state index contributed by atoms with van der Waals surface area (Å²) < 4.78 is 30.3. The summed E-state index contributed by atoms with van der Waals surface area (Å²) in [5.74, 6) is -1.52. The van der Waals surface area contributed by atoms with E-state index in [0.29, 0.717) is 19.3 Å². The van der Waals surface area contributed by atoms with E-state index in [1.165, 1.54) is 25.7 Å². The monoisotopic (exact) mass is 551 g/mol. The van der Waals surface area contributed by atoms with Crippen LogP contribution in [-0.4, -0.2) is 51.6 Å². The third-order valence-corrected chi connectivity index (χ3v) is 8.30. The van der Waals surface area contributed by atoms with E-state index in [9.17, 15) is 19.6 Å². The summed E-state index contributed by atoms with van der Waals surface area (Å²) in [5.41, 5.74) is 0. The van der Waals surface area contributed by atoms with Crippen LogP contribution in [0.25, 0.3) is 0 Å². The molecule has 1 saturated carbocycles. The highest BCUT2D eigenvalue weighted by Crippen LogP contribution is 2.42. The summed E-state index contributed by atoms with van der Waals surface area (Å²) in [5, 5.41) is 18.2. The summed E-state index contributed by atoms with van der Waals surface area (Å²) in [4.78, 5) is 11.1. The van der Waals surface area contributed by atoms with Gasteiger partial charge in [-0.05, 0) is 38.5 Å². The Morgan fingerprint density at radius 2 is 1.64 bits per heavy atom. The Balaban J connectivity index is 3.13. The zero-order valence-corrected chi connectivity index (χ0v) is 24.7. The van der Waals surface area contributed by atoms with E-state index in [-0.39, 0.29) is 18.8 Å². The fraction of sp³-hybridized carbons (Fsp3) is 0.963. The minimum absolute atomic E-state index is 0.130. The topological polar surface area (TPSA) is 102 Å². The molecule has 0 radical (unpaired) electrons. The number of rotatable bonds is 22. The zero-order valence-electron chi connectivity index (χ0n) is 22.8. The summed E-state index contributed by atoms with van der Waals surface area (Å²) in [6.45, 7) is 6.26. The summed E-state index contributed by atoms with van der Waals surface area (Å²) in [6, 6.07) is 0. The van der Waals surface area contributed by atoms with Gasteiger partial charge in [0.1, 0.15) is 4.93 Å². The van der Waals surface area contributed by atoms with E-state index in [4.69, 9.17) is 26.8 Å². The first kappa shape index (κ1) is 33.8. The van der Waals surface area contributed by atoms with Crippen molar-refractivity contribution in [3.63, 3.8) is 0 Å². The Morgan fingerprint density at radius 3 is 2.22 bits per heavy atom. The predicted molar refractivity (Wildman–Crippen MR) is 148 cm³/mol. The van der Waals surface area contributed by atoms with Gasteiger partial charge in [-0.25, -0.2) is 4.79 Å². The molecule has 5 unspecified atom stereocenters. The van der Waals surface area contributed by atoms with Crippen molar-refractivity contribution in [3.8, 4) is 0 Å². The molecule has 0 bridgehead atoms. The maximum atomic E-state index is 12.3. The fourth-order valence-corrected chi connectivity index (χ4v) is 5.93. The third kappa shape index (κ3) is 12.1. The zero-order chi connectivity index (χ0) is 26.9. The molecule has 0 aromatic rings. The van der Waals surface area contributed by atoms with Crippen molar-refractivity contribution in [3.05, 3.63) is 0 Å². The van der Waals surface area contributed by atoms with Gasteiger partial charge in [0, 0.05) is 13.0 Å². The van der Waals surface area contributed by atoms with Crippen LogP contribution in [0.3, 0.4) is 0 Å². The SMILES string of the molecule is CCCCCCCC(CC(S)(CCCCC)OC([PH+]=O)(C(=O)O)C(O)OCCC)OC1CCCCC1. The molecule has 5 atom stereocenters. The lowest BCUT2D eigenvalue weighted by molar-refractivity contribution is -0.230. The van der Waals surface area contributed by atoms with E-state index in [2.05, 4.69) is 13.8 Å². The van der Waals surface area contributed by atoms with E-state index in [0.717, 1.165) is 64.2 Å². The molecule has 0 amide bonds. The van der Waals surface area contributed by atoms with Crippen molar-refractivity contribution in [2.75, 3.05) is 6.61 Å². The minimum Gasteiger partial charge on any atom is -0.476 e. The molecule has 0 saturated heterocycles. The molecule has 0 heterocycles. The highest BCUT2D eigenvalue weighted by molar-refractivity contribution is 7.81. The molecule has 2 N–H and O–H groups in total. The highest BCUT2D eigenvalue weighted by atomic mass is 32.1. The first-order valence-electron chi connectivity index (χ1n) is 14.3. The Kier molecular flexibility index (Phi) is 17.8. The van der Waals surface area contributed by atoms with Crippen molar-refractivity contribution < 1.29 is 33.8 Å². The average molecular weight is 552 g/mol. The van der Waals surface area contributed by atoms with Gasteiger partial charge in [0.25, 0.3) is 0 Å². The van der Waals surface area contributed by atoms with E-state index in [1.54, 1.807) is 0 Å². The molecule has 1 aliphatic carbocycles. The van der Waals surface area contributed by atoms with Crippen LogP contribution in [0.15, 0.2) is 0 Å². The molecule has 212 valence electrons. The molecule has 1 aliphatic rings. The number of unbranched alkanes of at least 4 members (excludes halogenated alkanes) is 6. The van der Waals surface area contributed by atoms with E-state index < -0.39 is 31.0 Å². The van der Waals surface area contributed by atoms with Gasteiger partial charge in [0.15, 0.2) is 0 Å². The molecule has 7 nitrogen and oxygen atoms in total. The second-order valence-electron chi connectivity index (χ2n) is 10.3. The lowest BCUT2D eigenvalue weighted by Crippen LogP contribution is -2.53. The number of hydrogen-bond acceptors (Lipinski definition) is 7. The van der Waals surface area contributed by atoms with Crippen LogP contribution >= 0.6 is 21.1 Å². The van der Waals surface area contributed by atoms with Gasteiger partial charge in [0.05, 0.1) is 12.2 Å². The standard InChI is InChI=1S/C27H51O7PS/c1-4-7-9-10-12-18-23(33-22-16-13-11-14-17-22)21-26(36,19-15-8-5-2)34-27(35-31,24(28)29)25(30)32-20-6-3/h22-23,25,30,36H,4-21H2,1-3H3,(H,28,29)/p+1. The first-order valence-corrected chi connectivity index (χ1v) is 15.6. The molecular formula is C27H52O7PS+. The maximum Gasteiger partial charge on any atom is 0.411 e. The van der Waals surface area contributed by atoms with Gasteiger partial charge in [-0.2, -0.15) is 0 Å². The average Bonchev–Trinajstić information content (AvgIpc) is 2.86. The molecular weight excluding hydrogens is 499 g/mol. The van der Waals surface area contributed by atoms with E-state index >= 15 is 0 Å². The molecule has 9 heteroatoms. The van der Waals surface area contributed by atoms with Crippen molar-refractivity contribution >= 4 is 27.1 Å². The van der Waals surface area contributed by atoms with E-state index in [1.807, 2.05) is 6.92 Å². The Morgan fingerprint density at radius 1 is 1.00 bits per heavy atom. The van der Waals surface area contributed by atoms with Crippen LogP contribution in [-0.2, 0) is 23.6 Å². The van der Waals surface area contributed by atoms with Gasteiger partial charge in [-0.15, -0.1) is 12.6 Å². The minimum atomic E-state index is -2.40. The second-order valence-corrected chi connectivity index (χ2v) is 12.1. The van der Waals surface area contributed by atoms with Crippen LogP contribution in [0.1, 0.15) is 130 Å². The predicted octanol–water partition coefficient (Wildman–Crippen LogP) is 7.23. The number of carbonyl (C=O) groups is 1. The number of ether oxygens (including phenoxy) is 3. The summed E-state index contributed by atoms with van der Waals surface area (Å²) >= 11 is 4.89. The second kappa shape index (κ2) is 18.9. The normalized spacial score (nSPS) is 20.0. The van der Waals surface area contributed by atoms with Gasteiger partial charge in [-0.3, -0.25) is 0 Å². The fourth-order valence-electron chi connectivity index (χ4n) is 4.83. The number of hydrogen-bond donors (Lipinski definition) is 3. The van der Waals surface area contributed by atoms with Crippen molar-refractivity contribution in [1.29, 1.82) is 0 Å². The summed E-state index contributed by atoms with van der Waals surface area (Å²) in [6.07, 6.45) is 14.5. The number of aliphatic hydroxyl groups is 1. The lowest BCUT2D eigenvalue weighted by Gasteiger charge is -2.38. The van der Waals surface area contributed by atoms with Crippen LogP contribution in [0.4, 0.5) is 0 Å². The van der Waals surface area contributed by atoms with Gasteiger partial charge in [0.2, 0.25) is 6.29 Å². The van der Waals surface area contributed by atoms with Crippen LogP contribution in [0, 0.1) is 0 Å². The number of aliphatic hydroxyl groups excluding tert-OH is 1. The number of aliphatic carboxylic acids is 1. The molecule has 36 heavy (non-hydrogen) atoms. The number of carboxylic acid groups (broad SMARTS) is 1. The molecule has 1 fully saturated rings. The van der Waals surface area contributed by atoms with Gasteiger partial charge >= 0.3 is 19.8 Å². The van der Waals surface area contributed by atoms with Crippen molar-refractivity contribution in [2.45, 2.75) is 159 Å². The smallest absolute Gasteiger partial charge is 0.411 e. The molecule has 1 rings (SSSR count). The molecule has 0 spiro atoms. The first-order chi connectivity index (χ1) is 17.3. The third-order valence-electron chi connectivity index (χ3n) is 6.93. The van der Waals surface area contributed by atoms with Crippen LogP contribution in [0.2, 0.25) is 0 Å². The Labute approximate surface area is 226 Å². The molecule has 0 aromatic carbocycles. The van der Waals surface area contributed by atoms with Crippen molar-refractivity contribution in [1.82, 2.24) is 0 Å². The maximum absolute atomic E-state index is 12.3. The van der Waals surface area contributed by atoms with Crippen LogP contribution < -0.4 is 0 Å². The molecule has 0 aromatic heterocycles. The summed E-state index contributed by atoms with van der Waals surface area (Å²) in [7, 11) is -1.46. The van der Waals surface area contributed by atoms with Crippen molar-refractivity contribution in [2.24, 2.45) is 0 Å². The molecule has 0 aliphatic heterocycles. The number of thiol groups is 1. The highest BCUT2D eigenvalue weighted by Gasteiger charge is 2.61. The lowest BCUT2D eigenvalue weighted by atomic mass is 9.95. The quantitative estimate of drug-likeness (QED) is 0.0565. The van der Waals surface area contributed by atoms with Gasteiger partial charge in [-0.1, -0.05) is 89.5 Å². The Bertz CT molecular complexity index is 605. The van der Waals surface area contributed by atoms with Crippen LogP contribution in [0.5, 0.6) is 0 Å². The Hall–Kier alpha value is -0.240. The number of carboxylic acids is 1.